The molecule has 134 valence electrons. The summed E-state index contributed by atoms with van der Waals surface area (Å²) in [5.74, 6) is 1.72. The zero-order valence-electron chi connectivity index (χ0n) is 15.0. The predicted octanol–water partition coefficient (Wildman–Crippen LogP) is 2.40. The molecule has 3 rings (SSSR count). The lowest BCUT2D eigenvalue weighted by Crippen LogP contribution is -2.44. The fraction of sp³-hybridized carbons (Fsp3) is 0.444. The van der Waals surface area contributed by atoms with E-state index in [1.54, 1.807) is 25.5 Å². The van der Waals surface area contributed by atoms with Crippen LogP contribution in [0.25, 0.3) is 0 Å². The predicted molar refractivity (Wildman–Crippen MR) is 104 cm³/mol. The number of hydrogen-bond donors (Lipinski definition) is 2. The molecule has 1 saturated heterocycles. The van der Waals surface area contributed by atoms with Crippen molar-refractivity contribution in [1.29, 1.82) is 0 Å². The van der Waals surface area contributed by atoms with Crippen molar-refractivity contribution >= 4 is 23.0 Å². The molecule has 1 aliphatic heterocycles. The summed E-state index contributed by atoms with van der Waals surface area (Å²) in [4.78, 5) is 11.2. The largest absolute Gasteiger partial charge is 0.497 e. The number of aromatic nitrogens is 1. The molecule has 1 aliphatic rings. The number of aliphatic imine (C=N–C) groups is 1. The first-order valence-electron chi connectivity index (χ1n) is 8.45. The van der Waals surface area contributed by atoms with Gasteiger partial charge in [-0.3, -0.25) is 4.99 Å². The van der Waals surface area contributed by atoms with Crippen LogP contribution >= 0.6 is 11.3 Å². The van der Waals surface area contributed by atoms with Crippen LogP contribution < -0.4 is 20.3 Å². The van der Waals surface area contributed by atoms with E-state index < -0.39 is 0 Å². The summed E-state index contributed by atoms with van der Waals surface area (Å²) < 4.78 is 5.32. The average molecular weight is 359 g/mol. The first kappa shape index (κ1) is 17.5. The van der Waals surface area contributed by atoms with Crippen LogP contribution in [0.2, 0.25) is 0 Å². The number of nitrogens with one attached hydrogen (secondary N) is 2. The van der Waals surface area contributed by atoms with E-state index in [9.17, 15) is 0 Å². The molecule has 2 aromatic rings. The molecule has 1 aromatic heterocycles. The normalized spacial score (nSPS) is 17.6. The SMILES string of the molecule is CN=C(NCc1nc(C)cs1)NC1CCN(c2cccc(OC)c2)C1. The number of aryl methyl sites for hydroxylation is 1. The number of guanidine groups is 1. The molecular formula is C18H25N5OS. The number of rotatable bonds is 5. The Morgan fingerprint density at radius 2 is 2.36 bits per heavy atom. The van der Waals surface area contributed by atoms with Crippen molar-refractivity contribution in [3.8, 4) is 5.75 Å². The molecule has 0 aliphatic carbocycles. The van der Waals surface area contributed by atoms with Crippen molar-refractivity contribution in [1.82, 2.24) is 15.6 Å². The number of thiazole rings is 1. The average Bonchev–Trinajstić information content (AvgIpc) is 3.27. The standard InChI is InChI=1S/C18H25N5OS/c1-13-12-25-17(21-13)10-20-18(19-2)22-14-7-8-23(11-14)15-5-4-6-16(9-15)24-3/h4-6,9,12,14H,7-8,10-11H2,1-3H3,(H2,19,20,22). The molecule has 1 atom stereocenters. The highest BCUT2D eigenvalue weighted by Gasteiger charge is 2.23. The smallest absolute Gasteiger partial charge is 0.191 e. The topological polar surface area (TPSA) is 61.8 Å². The summed E-state index contributed by atoms with van der Waals surface area (Å²) in [6.07, 6.45) is 1.08. The lowest BCUT2D eigenvalue weighted by Gasteiger charge is -2.20. The third kappa shape index (κ3) is 4.63. The number of anilines is 1. The number of hydrogen-bond acceptors (Lipinski definition) is 5. The van der Waals surface area contributed by atoms with Crippen molar-refractivity contribution in [3.63, 3.8) is 0 Å². The molecule has 1 fully saturated rings. The van der Waals surface area contributed by atoms with Crippen molar-refractivity contribution in [2.45, 2.75) is 25.9 Å². The summed E-state index contributed by atoms with van der Waals surface area (Å²) in [6.45, 7) is 4.68. The van der Waals surface area contributed by atoms with Gasteiger partial charge in [-0.1, -0.05) is 6.07 Å². The number of ether oxygens (including phenoxy) is 1. The molecule has 1 unspecified atom stereocenters. The van der Waals surface area contributed by atoms with Crippen LogP contribution in [0.4, 0.5) is 5.69 Å². The molecule has 7 heteroatoms. The molecule has 2 heterocycles. The molecule has 0 bridgehead atoms. The number of benzene rings is 1. The monoisotopic (exact) mass is 359 g/mol. The van der Waals surface area contributed by atoms with E-state index in [1.807, 2.05) is 19.1 Å². The highest BCUT2D eigenvalue weighted by Crippen LogP contribution is 2.24. The van der Waals surface area contributed by atoms with Crippen molar-refractivity contribution in [3.05, 3.63) is 40.3 Å². The summed E-state index contributed by atoms with van der Waals surface area (Å²) >= 11 is 1.67. The fourth-order valence-electron chi connectivity index (χ4n) is 2.95. The minimum atomic E-state index is 0.371. The second-order valence-corrected chi connectivity index (χ2v) is 7.03. The Morgan fingerprint density at radius 1 is 1.48 bits per heavy atom. The van der Waals surface area contributed by atoms with Crippen molar-refractivity contribution < 1.29 is 4.74 Å². The highest BCUT2D eigenvalue weighted by molar-refractivity contribution is 7.09. The first-order valence-corrected chi connectivity index (χ1v) is 9.33. The Kier molecular flexibility index (Phi) is 5.75. The lowest BCUT2D eigenvalue weighted by molar-refractivity contribution is 0.415. The van der Waals surface area contributed by atoms with Gasteiger partial charge in [-0.05, 0) is 25.5 Å². The van der Waals surface area contributed by atoms with Crippen LogP contribution in [0.5, 0.6) is 5.75 Å². The minimum Gasteiger partial charge on any atom is -0.497 e. The number of methoxy groups -OCH3 is 1. The lowest BCUT2D eigenvalue weighted by atomic mass is 10.2. The second kappa shape index (κ2) is 8.20. The molecule has 25 heavy (non-hydrogen) atoms. The van der Waals surface area contributed by atoms with Gasteiger partial charge in [0.05, 0.1) is 13.7 Å². The van der Waals surface area contributed by atoms with Crippen LogP contribution in [-0.4, -0.2) is 44.2 Å². The third-order valence-corrected chi connectivity index (χ3v) is 5.21. The zero-order valence-corrected chi connectivity index (χ0v) is 15.8. The molecule has 0 saturated carbocycles. The van der Waals surface area contributed by atoms with E-state index in [2.05, 4.69) is 43.0 Å². The summed E-state index contributed by atoms with van der Waals surface area (Å²) in [5.41, 5.74) is 2.26. The molecular weight excluding hydrogens is 334 g/mol. The summed E-state index contributed by atoms with van der Waals surface area (Å²) in [6, 6.07) is 8.59. The Morgan fingerprint density at radius 3 is 3.08 bits per heavy atom. The van der Waals surface area contributed by atoms with Gasteiger partial charge in [-0.2, -0.15) is 0 Å². The Labute approximate surface area is 152 Å². The van der Waals surface area contributed by atoms with E-state index in [0.717, 1.165) is 41.9 Å². The molecule has 0 radical (unpaired) electrons. The number of nitrogens with zero attached hydrogens (tertiary/aromatic N) is 3. The maximum absolute atomic E-state index is 5.32. The van der Waals surface area contributed by atoms with E-state index >= 15 is 0 Å². The Balaban J connectivity index is 1.52. The van der Waals surface area contributed by atoms with Gasteiger partial charge in [0.25, 0.3) is 0 Å². The Hall–Kier alpha value is -2.28. The van der Waals surface area contributed by atoms with Gasteiger partial charge >= 0.3 is 0 Å². The Bertz CT molecular complexity index is 730. The fourth-order valence-corrected chi connectivity index (χ4v) is 3.66. The molecule has 1 aromatic carbocycles. The highest BCUT2D eigenvalue weighted by atomic mass is 32.1. The van der Waals surface area contributed by atoms with Gasteiger partial charge in [-0.15, -0.1) is 11.3 Å². The van der Waals surface area contributed by atoms with Crippen molar-refractivity contribution in [2.24, 2.45) is 4.99 Å². The van der Waals surface area contributed by atoms with Gasteiger partial charge in [-0.25, -0.2) is 4.98 Å². The quantitative estimate of drug-likeness (QED) is 0.634. The van der Waals surface area contributed by atoms with E-state index in [4.69, 9.17) is 4.74 Å². The van der Waals surface area contributed by atoms with Gasteiger partial charge < -0.3 is 20.3 Å². The van der Waals surface area contributed by atoms with Crippen LogP contribution in [0.1, 0.15) is 17.1 Å². The minimum absolute atomic E-state index is 0.371. The van der Waals surface area contributed by atoms with E-state index in [0.29, 0.717) is 12.6 Å². The van der Waals surface area contributed by atoms with Gasteiger partial charge in [0.15, 0.2) is 5.96 Å². The zero-order chi connectivity index (χ0) is 17.6. The molecule has 0 spiro atoms. The second-order valence-electron chi connectivity index (χ2n) is 6.09. The molecule has 6 nitrogen and oxygen atoms in total. The maximum atomic E-state index is 5.32. The first-order chi connectivity index (χ1) is 12.2. The van der Waals surface area contributed by atoms with Crippen LogP contribution in [0.15, 0.2) is 34.6 Å². The maximum Gasteiger partial charge on any atom is 0.191 e. The van der Waals surface area contributed by atoms with E-state index in [-0.39, 0.29) is 0 Å². The molecule has 0 amide bonds. The van der Waals surface area contributed by atoms with Gasteiger partial charge in [0, 0.05) is 49.0 Å². The van der Waals surface area contributed by atoms with Crippen molar-refractivity contribution in [2.75, 3.05) is 32.1 Å². The molecule has 2 N–H and O–H groups in total. The summed E-state index contributed by atoms with van der Waals surface area (Å²) in [5, 5.41) is 10.0. The summed E-state index contributed by atoms with van der Waals surface area (Å²) in [7, 11) is 3.50. The van der Waals surface area contributed by atoms with Crippen LogP contribution in [0.3, 0.4) is 0 Å². The van der Waals surface area contributed by atoms with Crippen LogP contribution in [-0.2, 0) is 6.54 Å². The van der Waals surface area contributed by atoms with E-state index in [1.165, 1.54) is 5.69 Å². The van der Waals surface area contributed by atoms with Gasteiger partial charge in [0.1, 0.15) is 10.8 Å². The van der Waals surface area contributed by atoms with Crippen LogP contribution in [0, 0.1) is 6.92 Å². The third-order valence-electron chi connectivity index (χ3n) is 4.24. The van der Waals surface area contributed by atoms with Gasteiger partial charge in [0.2, 0.25) is 0 Å².